The summed E-state index contributed by atoms with van der Waals surface area (Å²) in [5, 5.41) is 6.59. The third kappa shape index (κ3) is 6.65. The predicted octanol–water partition coefficient (Wildman–Crippen LogP) is 2.13. The van der Waals surface area contributed by atoms with Gasteiger partial charge >= 0.3 is 0 Å². The van der Waals surface area contributed by atoms with Gasteiger partial charge in [-0.2, -0.15) is 0 Å². The molecule has 1 rings (SSSR count). The summed E-state index contributed by atoms with van der Waals surface area (Å²) >= 11 is 1.70. The van der Waals surface area contributed by atoms with E-state index < -0.39 is 0 Å². The molecular formula is C14H27N3O2S. The molecule has 0 fully saturated rings. The molecule has 1 aromatic heterocycles. The van der Waals surface area contributed by atoms with Crippen molar-refractivity contribution in [2.75, 3.05) is 52.0 Å². The molecule has 0 amide bonds. The van der Waals surface area contributed by atoms with Gasteiger partial charge in [-0.1, -0.05) is 6.92 Å². The first-order valence-electron chi connectivity index (χ1n) is 7.19. The third-order valence-corrected chi connectivity index (χ3v) is 3.84. The highest BCUT2D eigenvalue weighted by atomic mass is 32.1. The minimum Gasteiger partial charge on any atom is -0.385 e. The van der Waals surface area contributed by atoms with Crippen LogP contribution in [0.2, 0.25) is 0 Å². The molecule has 116 valence electrons. The second-order valence-corrected chi connectivity index (χ2v) is 5.46. The smallest absolute Gasteiger partial charge is 0.185 e. The SMILES string of the molecule is CCCNCc1csc(N(CCCOC)CCOC)n1. The van der Waals surface area contributed by atoms with Crippen LogP contribution in [-0.4, -0.2) is 52.1 Å². The van der Waals surface area contributed by atoms with Crippen molar-refractivity contribution >= 4 is 16.5 Å². The number of hydrogen-bond acceptors (Lipinski definition) is 6. The molecule has 0 aliphatic rings. The van der Waals surface area contributed by atoms with Gasteiger partial charge in [0.2, 0.25) is 0 Å². The van der Waals surface area contributed by atoms with Gasteiger partial charge in [0.1, 0.15) is 0 Å². The van der Waals surface area contributed by atoms with Crippen LogP contribution in [0.15, 0.2) is 5.38 Å². The fourth-order valence-corrected chi connectivity index (χ4v) is 2.70. The number of rotatable bonds is 12. The van der Waals surface area contributed by atoms with E-state index in [1.54, 1.807) is 25.6 Å². The molecule has 1 N–H and O–H groups in total. The van der Waals surface area contributed by atoms with E-state index in [1.165, 1.54) is 0 Å². The zero-order valence-electron chi connectivity index (χ0n) is 12.9. The Morgan fingerprint density at radius 2 is 2.05 bits per heavy atom. The van der Waals surface area contributed by atoms with E-state index in [0.29, 0.717) is 0 Å². The van der Waals surface area contributed by atoms with Crippen molar-refractivity contribution in [3.8, 4) is 0 Å². The molecule has 0 aromatic carbocycles. The van der Waals surface area contributed by atoms with Crippen LogP contribution in [0.25, 0.3) is 0 Å². The predicted molar refractivity (Wildman–Crippen MR) is 84.7 cm³/mol. The second kappa shape index (κ2) is 11.0. The first-order valence-corrected chi connectivity index (χ1v) is 8.07. The number of nitrogens with one attached hydrogen (secondary N) is 1. The summed E-state index contributed by atoms with van der Waals surface area (Å²) in [4.78, 5) is 6.97. The molecule has 0 saturated carbocycles. The van der Waals surface area contributed by atoms with Crippen LogP contribution in [0.3, 0.4) is 0 Å². The van der Waals surface area contributed by atoms with Crippen LogP contribution in [0.4, 0.5) is 5.13 Å². The van der Waals surface area contributed by atoms with E-state index in [1.807, 2.05) is 0 Å². The molecule has 0 atom stereocenters. The first-order chi connectivity index (χ1) is 9.81. The van der Waals surface area contributed by atoms with Gasteiger partial charge in [-0.15, -0.1) is 11.3 Å². The van der Waals surface area contributed by atoms with Crippen LogP contribution in [0, 0.1) is 0 Å². The summed E-state index contributed by atoms with van der Waals surface area (Å²) in [5.41, 5.74) is 1.12. The Labute approximate surface area is 126 Å². The average molecular weight is 301 g/mol. The van der Waals surface area contributed by atoms with Gasteiger partial charge in [0.05, 0.1) is 12.3 Å². The number of aromatic nitrogens is 1. The Hall–Kier alpha value is -0.690. The standard InChI is InChI=1S/C14H27N3O2S/c1-4-6-15-11-13-12-20-14(16-13)17(8-10-19-3)7-5-9-18-2/h12,15H,4-11H2,1-3H3. The maximum atomic E-state index is 5.18. The summed E-state index contributed by atoms with van der Waals surface area (Å²) in [5.74, 6) is 0. The van der Waals surface area contributed by atoms with Crippen molar-refractivity contribution in [2.45, 2.75) is 26.3 Å². The monoisotopic (exact) mass is 301 g/mol. The lowest BCUT2D eigenvalue weighted by atomic mass is 10.4. The molecular weight excluding hydrogens is 274 g/mol. The highest BCUT2D eigenvalue weighted by Crippen LogP contribution is 2.20. The number of ether oxygens (including phenoxy) is 2. The van der Waals surface area contributed by atoms with Crippen molar-refractivity contribution < 1.29 is 9.47 Å². The molecule has 0 radical (unpaired) electrons. The number of hydrogen-bond donors (Lipinski definition) is 1. The number of thiazole rings is 1. The van der Waals surface area contributed by atoms with E-state index in [9.17, 15) is 0 Å². The first kappa shape index (κ1) is 17.4. The number of methoxy groups -OCH3 is 2. The molecule has 0 unspecified atom stereocenters. The van der Waals surface area contributed by atoms with Crippen LogP contribution in [0.1, 0.15) is 25.5 Å². The fourth-order valence-electron chi connectivity index (χ4n) is 1.82. The van der Waals surface area contributed by atoms with Gasteiger partial charge in [-0.3, -0.25) is 0 Å². The largest absolute Gasteiger partial charge is 0.385 e. The van der Waals surface area contributed by atoms with Gasteiger partial charge in [0.25, 0.3) is 0 Å². The maximum Gasteiger partial charge on any atom is 0.185 e. The molecule has 0 bridgehead atoms. The van der Waals surface area contributed by atoms with Gasteiger partial charge in [-0.05, 0) is 19.4 Å². The van der Waals surface area contributed by atoms with Crippen molar-refractivity contribution in [1.82, 2.24) is 10.3 Å². The van der Waals surface area contributed by atoms with Crippen molar-refractivity contribution in [3.05, 3.63) is 11.1 Å². The van der Waals surface area contributed by atoms with Crippen molar-refractivity contribution in [3.63, 3.8) is 0 Å². The topological polar surface area (TPSA) is 46.6 Å². The summed E-state index contributed by atoms with van der Waals surface area (Å²) in [6.45, 7) is 7.37. The number of anilines is 1. The molecule has 1 heterocycles. The van der Waals surface area contributed by atoms with Crippen molar-refractivity contribution in [2.24, 2.45) is 0 Å². The minimum atomic E-state index is 0.718. The zero-order chi connectivity index (χ0) is 14.6. The quantitative estimate of drug-likeness (QED) is 0.599. The summed E-state index contributed by atoms with van der Waals surface area (Å²) in [7, 11) is 3.47. The van der Waals surface area contributed by atoms with Crippen LogP contribution >= 0.6 is 11.3 Å². The van der Waals surface area contributed by atoms with E-state index in [4.69, 9.17) is 14.5 Å². The maximum absolute atomic E-state index is 5.18. The Kier molecular flexibility index (Phi) is 9.57. The summed E-state index contributed by atoms with van der Waals surface area (Å²) in [6.07, 6.45) is 2.15. The summed E-state index contributed by atoms with van der Waals surface area (Å²) < 4.78 is 10.3. The van der Waals surface area contributed by atoms with Crippen molar-refractivity contribution in [1.29, 1.82) is 0 Å². The van der Waals surface area contributed by atoms with Crippen LogP contribution in [-0.2, 0) is 16.0 Å². The highest BCUT2D eigenvalue weighted by Gasteiger charge is 2.10. The Morgan fingerprint density at radius 1 is 1.25 bits per heavy atom. The lowest BCUT2D eigenvalue weighted by molar-refractivity contribution is 0.191. The molecule has 0 aliphatic carbocycles. The van der Waals surface area contributed by atoms with Gasteiger partial charge in [-0.25, -0.2) is 4.98 Å². The normalized spacial score (nSPS) is 10.9. The second-order valence-electron chi connectivity index (χ2n) is 4.62. The van der Waals surface area contributed by atoms with Crippen LogP contribution in [0.5, 0.6) is 0 Å². The zero-order valence-corrected chi connectivity index (χ0v) is 13.7. The fraction of sp³-hybridized carbons (Fsp3) is 0.786. The lowest BCUT2D eigenvalue weighted by Gasteiger charge is -2.21. The number of nitrogens with zero attached hydrogens (tertiary/aromatic N) is 2. The minimum absolute atomic E-state index is 0.718. The molecule has 20 heavy (non-hydrogen) atoms. The van der Waals surface area contributed by atoms with E-state index in [-0.39, 0.29) is 0 Å². The van der Waals surface area contributed by atoms with Gasteiger partial charge < -0.3 is 19.7 Å². The van der Waals surface area contributed by atoms with Crippen LogP contribution < -0.4 is 10.2 Å². The lowest BCUT2D eigenvalue weighted by Crippen LogP contribution is -2.29. The summed E-state index contributed by atoms with van der Waals surface area (Å²) in [6, 6.07) is 0. The van der Waals surface area contributed by atoms with Gasteiger partial charge in [0, 0.05) is 45.8 Å². The molecule has 0 spiro atoms. The van der Waals surface area contributed by atoms with E-state index >= 15 is 0 Å². The van der Waals surface area contributed by atoms with Gasteiger partial charge in [0.15, 0.2) is 5.13 Å². The Bertz CT molecular complexity index is 347. The molecule has 5 nitrogen and oxygen atoms in total. The third-order valence-electron chi connectivity index (χ3n) is 2.88. The Balaban J connectivity index is 2.50. The molecule has 1 aromatic rings. The van der Waals surface area contributed by atoms with E-state index in [2.05, 4.69) is 22.5 Å². The Morgan fingerprint density at radius 3 is 2.75 bits per heavy atom. The molecule has 6 heteroatoms. The molecule has 0 saturated heterocycles. The average Bonchev–Trinajstić information content (AvgIpc) is 2.92. The van der Waals surface area contributed by atoms with E-state index in [0.717, 1.165) is 63.1 Å². The highest BCUT2D eigenvalue weighted by molar-refractivity contribution is 7.13. The molecule has 0 aliphatic heterocycles.